The zero-order valence-electron chi connectivity index (χ0n) is 17.4. The lowest BCUT2D eigenvalue weighted by Gasteiger charge is -2.37. The quantitative estimate of drug-likeness (QED) is 0.656. The lowest BCUT2D eigenvalue weighted by molar-refractivity contribution is -0.140. The molecule has 0 radical (unpaired) electrons. The second kappa shape index (κ2) is 8.73. The van der Waals surface area contributed by atoms with E-state index in [-0.39, 0.29) is 17.2 Å². The van der Waals surface area contributed by atoms with Crippen LogP contribution in [-0.4, -0.2) is 43.9 Å². The standard InChI is InChI=1S/C24H24ClNO5/c1-29-22(27)20-18-12-13-24(31-18,21(20)23(28)30-2)19(26-16-9-4-3-5-10-16)14-15-8-6-7-11-17(15)25/h3-11,18-19,26H,12-14H2,1-2H3. The van der Waals surface area contributed by atoms with Crippen LogP contribution in [0.25, 0.3) is 0 Å². The van der Waals surface area contributed by atoms with E-state index in [0.717, 1.165) is 11.3 Å². The van der Waals surface area contributed by atoms with Gasteiger partial charge in [0.2, 0.25) is 0 Å². The Labute approximate surface area is 186 Å². The molecule has 6 nitrogen and oxygen atoms in total. The Morgan fingerprint density at radius 3 is 2.45 bits per heavy atom. The van der Waals surface area contributed by atoms with Gasteiger partial charge in [-0.15, -0.1) is 0 Å². The summed E-state index contributed by atoms with van der Waals surface area (Å²) in [7, 11) is 2.60. The number of benzene rings is 2. The molecule has 4 rings (SSSR count). The molecule has 1 fully saturated rings. The van der Waals surface area contributed by atoms with Crippen LogP contribution in [0.2, 0.25) is 5.02 Å². The maximum atomic E-state index is 12.9. The molecule has 1 N–H and O–H groups in total. The first-order valence-corrected chi connectivity index (χ1v) is 10.5. The zero-order chi connectivity index (χ0) is 22.0. The largest absolute Gasteiger partial charge is 0.466 e. The highest BCUT2D eigenvalue weighted by atomic mass is 35.5. The molecule has 31 heavy (non-hydrogen) atoms. The number of methoxy groups -OCH3 is 2. The fourth-order valence-electron chi connectivity index (χ4n) is 4.60. The van der Waals surface area contributed by atoms with Gasteiger partial charge < -0.3 is 19.5 Å². The smallest absolute Gasteiger partial charge is 0.337 e. The summed E-state index contributed by atoms with van der Waals surface area (Å²) in [5, 5.41) is 4.15. The van der Waals surface area contributed by atoms with Crippen molar-refractivity contribution >= 4 is 29.2 Å². The molecular weight excluding hydrogens is 418 g/mol. The van der Waals surface area contributed by atoms with E-state index >= 15 is 0 Å². The van der Waals surface area contributed by atoms with Crippen LogP contribution in [0.15, 0.2) is 65.7 Å². The summed E-state index contributed by atoms with van der Waals surface area (Å²) in [6.45, 7) is 0. The van der Waals surface area contributed by atoms with Crippen LogP contribution < -0.4 is 5.32 Å². The molecule has 0 aliphatic carbocycles. The molecular formula is C24H24ClNO5. The van der Waals surface area contributed by atoms with Gasteiger partial charge >= 0.3 is 11.9 Å². The van der Waals surface area contributed by atoms with Gasteiger partial charge in [0.15, 0.2) is 0 Å². The summed E-state index contributed by atoms with van der Waals surface area (Å²) in [5.41, 5.74) is 1.22. The predicted octanol–water partition coefficient (Wildman–Crippen LogP) is 3.94. The molecule has 2 aromatic rings. The van der Waals surface area contributed by atoms with Gasteiger partial charge in [0.1, 0.15) is 5.60 Å². The number of halogens is 1. The van der Waals surface area contributed by atoms with Crippen molar-refractivity contribution in [2.75, 3.05) is 19.5 Å². The van der Waals surface area contributed by atoms with E-state index in [1.165, 1.54) is 14.2 Å². The summed E-state index contributed by atoms with van der Waals surface area (Å²) in [6.07, 6.45) is 1.15. The van der Waals surface area contributed by atoms with E-state index in [9.17, 15) is 9.59 Å². The lowest BCUT2D eigenvalue weighted by atomic mass is 9.75. The van der Waals surface area contributed by atoms with Crippen LogP contribution >= 0.6 is 11.6 Å². The van der Waals surface area contributed by atoms with Crippen molar-refractivity contribution in [3.63, 3.8) is 0 Å². The summed E-state index contributed by atoms with van der Waals surface area (Å²) in [6, 6.07) is 16.9. The van der Waals surface area contributed by atoms with Crippen molar-refractivity contribution in [3.8, 4) is 0 Å². The van der Waals surface area contributed by atoms with Gasteiger partial charge in [-0.2, -0.15) is 0 Å². The summed E-state index contributed by atoms with van der Waals surface area (Å²) >= 11 is 6.46. The van der Waals surface area contributed by atoms with Gasteiger partial charge in [-0.25, -0.2) is 9.59 Å². The van der Waals surface area contributed by atoms with E-state index < -0.39 is 23.6 Å². The van der Waals surface area contributed by atoms with Crippen LogP contribution in [0.3, 0.4) is 0 Å². The van der Waals surface area contributed by atoms with Gasteiger partial charge in [0, 0.05) is 10.7 Å². The Bertz CT molecular complexity index is 1020. The topological polar surface area (TPSA) is 73.9 Å². The molecule has 1 saturated heterocycles. The van der Waals surface area contributed by atoms with Crippen molar-refractivity contribution in [2.24, 2.45) is 0 Å². The molecule has 7 heteroatoms. The first-order valence-electron chi connectivity index (χ1n) is 10.1. The number of ether oxygens (including phenoxy) is 3. The average molecular weight is 442 g/mol. The van der Waals surface area contributed by atoms with E-state index in [1.54, 1.807) is 0 Å². The second-order valence-electron chi connectivity index (χ2n) is 7.66. The highest BCUT2D eigenvalue weighted by Crippen LogP contribution is 2.51. The third-order valence-corrected chi connectivity index (χ3v) is 6.37. The highest BCUT2D eigenvalue weighted by molar-refractivity contribution is 6.31. The van der Waals surface area contributed by atoms with Gasteiger partial charge in [-0.1, -0.05) is 48.0 Å². The molecule has 2 aromatic carbocycles. The van der Waals surface area contributed by atoms with Gasteiger partial charge in [-0.05, 0) is 43.0 Å². The molecule has 2 aliphatic heterocycles. The molecule has 0 aromatic heterocycles. The van der Waals surface area contributed by atoms with E-state index in [2.05, 4.69) is 5.32 Å². The number of anilines is 1. The molecule has 2 aliphatic rings. The van der Waals surface area contributed by atoms with Crippen molar-refractivity contribution < 1.29 is 23.8 Å². The number of hydrogen-bond donors (Lipinski definition) is 1. The lowest BCUT2D eigenvalue weighted by Crippen LogP contribution is -2.50. The molecule has 162 valence electrons. The number of hydrogen-bond acceptors (Lipinski definition) is 6. The molecule has 3 unspecified atom stereocenters. The minimum Gasteiger partial charge on any atom is -0.466 e. The molecule has 0 saturated carbocycles. The number of carbonyl (C=O) groups excluding carboxylic acids is 2. The van der Waals surface area contributed by atoms with Gasteiger partial charge in [0.05, 0.1) is 37.5 Å². The third kappa shape index (κ3) is 3.82. The minimum atomic E-state index is -1.05. The van der Waals surface area contributed by atoms with Crippen LogP contribution in [0.1, 0.15) is 18.4 Å². The van der Waals surface area contributed by atoms with Gasteiger partial charge in [0.25, 0.3) is 0 Å². The number of fused-ring (bicyclic) bond motifs is 2. The number of carbonyl (C=O) groups is 2. The van der Waals surface area contributed by atoms with Gasteiger partial charge in [-0.3, -0.25) is 0 Å². The Morgan fingerprint density at radius 1 is 1.10 bits per heavy atom. The normalized spacial score (nSPS) is 22.9. The Kier molecular flexibility index (Phi) is 6.03. The molecule has 3 atom stereocenters. The third-order valence-electron chi connectivity index (χ3n) is 6.00. The Hall–Kier alpha value is -2.83. The van der Waals surface area contributed by atoms with Crippen LogP contribution in [0.5, 0.6) is 0 Å². The van der Waals surface area contributed by atoms with E-state index in [1.807, 2.05) is 54.6 Å². The Balaban J connectivity index is 1.82. The highest BCUT2D eigenvalue weighted by Gasteiger charge is 2.61. The fourth-order valence-corrected chi connectivity index (χ4v) is 4.82. The molecule has 2 bridgehead atoms. The van der Waals surface area contributed by atoms with E-state index in [0.29, 0.717) is 24.3 Å². The fraction of sp³-hybridized carbons (Fsp3) is 0.333. The molecule has 0 spiro atoms. The van der Waals surface area contributed by atoms with Crippen molar-refractivity contribution in [1.29, 1.82) is 0 Å². The summed E-state index contributed by atoms with van der Waals surface area (Å²) in [5.74, 6) is -1.15. The van der Waals surface area contributed by atoms with Crippen molar-refractivity contribution in [1.82, 2.24) is 0 Å². The SMILES string of the molecule is COC(=O)C1=C(C(=O)OC)C2(C(Cc3ccccc3Cl)Nc3ccccc3)CCC1O2. The monoisotopic (exact) mass is 441 g/mol. The number of para-hydroxylation sites is 1. The van der Waals surface area contributed by atoms with Crippen LogP contribution in [0, 0.1) is 0 Å². The predicted molar refractivity (Wildman–Crippen MR) is 117 cm³/mol. The minimum absolute atomic E-state index is 0.235. The second-order valence-corrected chi connectivity index (χ2v) is 8.07. The average Bonchev–Trinajstić information content (AvgIpc) is 3.38. The van der Waals surface area contributed by atoms with Crippen LogP contribution in [-0.2, 0) is 30.2 Å². The molecule has 2 heterocycles. The van der Waals surface area contributed by atoms with Crippen LogP contribution in [0.4, 0.5) is 5.69 Å². The number of nitrogens with one attached hydrogen (secondary N) is 1. The number of esters is 2. The van der Waals surface area contributed by atoms with Crippen molar-refractivity contribution in [3.05, 3.63) is 76.3 Å². The van der Waals surface area contributed by atoms with E-state index in [4.69, 9.17) is 25.8 Å². The first kappa shape index (κ1) is 21.4. The Morgan fingerprint density at radius 2 is 1.77 bits per heavy atom. The summed E-state index contributed by atoms with van der Waals surface area (Å²) < 4.78 is 16.4. The summed E-state index contributed by atoms with van der Waals surface area (Å²) in [4.78, 5) is 25.5. The molecule has 0 amide bonds. The maximum Gasteiger partial charge on any atom is 0.337 e. The van der Waals surface area contributed by atoms with Crippen molar-refractivity contribution in [2.45, 2.75) is 37.0 Å². The first-order chi connectivity index (χ1) is 15.0. The maximum absolute atomic E-state index is 12.9. The zero-order valence-corrected chi connectivity index (χ0v) is 18.1. The number of rotatable bonds is 7.